The monoisotopic (exact) mass is 393 g/mol. The Kier molecular flexibility index (Phi) is 2.96. The molecule has 0 saturated carbocycles. The topological polar surface area (TPSA) is 0 Å². The molecule has 0 spiro atoms. The van der Waals surface area contributed by atoms with Crippen molar-refractivity contribution in [2.24, 2.45) is 0 Å². The molecule has 0 saturated heterocycles. The van der Waals surface area contributed by atoms with E-state index in [4.69, 9.17) is 6.85 Å². The highest BCUT2D eigenvalue weighted by Crippen LogP contribution is 2.52. The zero-order chi connectivity index (χ0) is 23.6. The van der Waals surface area contributed by atoms with Crippen molar-refractivity contribution in [3.05, 3.63) is 114 Å². The molecule has 0 aromatic heterocycles. The summed E-state index contributed by atoms with van der Waals surface area (Å²) in [5.74, 6) is 0. The number of fused-ring (bicyclic) bond motifs is 7. The maximum absolute atomic E-state index is 8.62. The van der Waals surface area contributed by atoms with Gasteiger partial charge in [0.1, 0.15) is 0 Å². The maximum atomic E-state index is 8.62. The molecule has 1 heterocycles. The van der Waals surface area contributed by atoms with E-state index in [1.165, 1.54) is 43.8 Å². The van der Waals surface area contributed by atoms with Gasteiger partial charge in [0.25, 0.3) is 0 Å². The Morgan fingerprint density at radius 3 is 1.66 bits per heavy atom. The van der Waals surface area contributed by atoms with Gasteiger partial charge in [0, 0.05) is 0 Å². The zero-order valence-electron chi connectivity index (χ0n) is 20.8. The van der Waals surface area contributed by atoms with Gasteiger partial charge in [-0.3, -0.25) is 0 Å². The largest absolute Gasteiger partial charge is 0.0663 e. The molecular weight excluding hydrogens is 367 g/mol. The summed E-state index contributed by atoms with van der Waals surface area (Å²) in [4.78, 5) is 0. The predicted octanol–water partition coefficient (Wildman–Crippen LogP) is 7.48. The Balaban J connectivity index is 1.70. The van der Waals surface area contributed by atoms with Crippen molar-refractivity contribution in [3.8, 4) is 11.1 Å². The van der Waals surface area contributed by atoms with Crippen LogP contribution in [0.2, 0.25) is 0 Å². The van der Waals surface area contributed by atoms with Gasteiger partial charge < -0.3 is 0 Å². The Labute approximate surface area is 179 Å². The van der Waals surface area contributed by atoms with E-state index in [9.17, 15) is 0 Å². The van der Waals surface area contributed by atoms with Crippen molar-refractivity contribution < 1.29 is 6.85 Å². The minimum absolute atomic E-state index is 0.0660. The first-order valence-corrected chi connectivity index (χ1v) is 11.5. The summed E-state index contributed by atoms with van der Waals surface area (Å²) in [5, 5.41) is 5.20. The van der Waals surface area contributed by atoms with Gasteiger partial charge in [-0.1, -0.05) is 111 Å². The Morgan fingerprint density at radius 2 is 1.10 bits per heavy atom. The average molecular weight is 393 g/mol. The van der Waals surface area contributed by atoms with E-state index in [0.717, 1.165) is 0 Å². The van der Waals surface area contributed by atoms with Gasteiger partial charge in [-0.15, -0.1) is 0 Å². The average Bonchev–Trinajstić information content (AvgIpc) is 3.03. The third-order valence-electron chi connectivity index (χ3n) is 5.81. The van der Waals surface area contributed by atoms with E-state index < -0.39 is 7.92 Å². The summed E-state index contributed by atoms with van der Waals surface area (Å²) in [5.41, 5.74) is 4.77. The van der Waals surface area contributed by atoms with Gasteiger partial charge in [-0.05, 0) is 61.4 Å². The van der Waals surface area contributed by atoms with Crippen LogP contribution in [0.3, 0.4) is 0 Å². The van der Waals surface area contributed by atoms with Crippen molar-refractivity contribution >= 4 is 34.8 Å². The predicted molar refractivity (Wildman–Crippen MR) is 127 cm³/mol. The molecule has 0 atom stereocenters. The van der Waals surface area contributed by atoms with Crippen molar-refractivity contribution in [3.63, 3.8) is 0 Å². The molecule has 1 heteroatoms. The van der Waals surface area contributed by atoms with E-state index in [1.54, 1.807) is 0 Å². The van der Waals surface area contributed by atoms with Crippen molar-refractivity contribution in [2.75, 3.05) is 0 Å². The molecule has 0 unspecified atom stereocenters. The third-order valence-corrected chi connectivity index (χ3v) is 8.11. The van der Waals surface area contributed by atoms with Crippen molar-refractivity contribution in [1.82, 2.24) is 0 Å². The molecule has 0 amide bonds. The second-order valence-corrected chi connectivity index (χ2v) is 9.63. The van der Waals surface area contributed by atoms with E-state index >= 15 is 0 Å². The van der Waals surface area contributed by atoms with E-state index in [1.807, 2.05) is 0 Å². The molecule has 0 radical (unpaired) electrons. The van der Waals surface area contributed by atoms with Crippen LogP contribution in [-0.2, 0) is 12.3 Å². The highest BCUT2D eigenvalue weighted by molar-refractivity contribution is 7.64. The number of hydrogen-bond acceptors (Lipinski definition) is 0. The van der Waals surface area contributed by atoms with Gasteiger partial charge in [0.2, 0.25) is 0 Å². The Bertz CT molecular complexity index is 1510. The van der Waals surface area contributed by atoms with Gasteiger partial charge in [-0.2, -0.15) is 0 Å². The van der Waals surface area contributed by atoms with Crippen LogP contribution < -0.4 is 5.30 Å². The van der Waals surface area contributed by atoms with Gasteiger partial charge >= 0.3 is 0 Å². The van der Waals surface area contributed by atoms with Gasteiger partial charge in [-0.25, -0.2) is 0 Å². The maximum Gasteiger partial charge on any atom is 0.0629 e. The minimum Gasteiger partial charge on any atom is -0.0663 e. The Hall–Kier alpha value is -2.95. The number of hydrogen-bond donors (Lipinski definition) is 0. The van der Waals surface area contributed by atoms with Crippen molar-refractivity contribution in [2.45, 2.75) is 12.3 Å². The summed E-state index contributed by atoms with van der Waals surface area (Å²) >= 11 is 0. The second-order valence-electron chi connectivity index (χ2n) is 7.47. The quantitative estimate of drug-likeness (QED) is 0.259. The lowest BCUT2D eigenvalue weighted by atomic mass is 9.88. The van der Waals surface area contributed by atoms with Crippen LogP contribution >= 0.6 is 7.92 Å². The third kappa shape index (κ3) is 2.79. The van der Waals surface area contributed by atoms with Crippen LogP contribution in [0.5, 0.6) is 0 Å². The zero-order valence-corrected chi connectivity index (χ0v) is 16.7. The van der Waals surface area contributed by atoms with E-state index in [-0.39, 0.29) is 30.2 Å². The molecule has 1 aliphatic rings. The van der Waals surface area contributed by atoms with E-state index in [0.29, 0.717) is 17.6 Å². The standard InChI is InChI=1S/C28H21P/c1-2-10-24(11-3-1)29-18-22-16-14-20-8-4-6-12-25(20)27(22)28-23(19-29)17-15-21-9-5-7-13-26(21)28/h1-17H,18-19H2/i1D,2D,3D,10D,11D. The van der Waals surface area contributed by atoms with Crippen LogP contribution in [-0.4, -0.2) is 0 Å². The molecule has 0 aliphatic carbocycles. The lowest BCUT2D eigenvalue weighted by molar-refractivity contribution is 1.40. The smallest absolute Gasteiger partial charge is 0.0629 e. The Morgan fingerprint density at radius 1 is 0.586 bits per heavy atom. The molecule has 0 nitrogen and oxygen atoms in total. The molecule has 1 aliphatic heterocycles. The van der Waals surface area contributed by atoms with Crippen LogP contribution in [0.1, 0.15) is 18.0 Å². The highest BCUT2D eigenvalue weighted by atomic mass is 31.1. The molecular formula is C28H21P. The van der Waals surface area contributed by atoms with Crippen LogP contribution in [0.4, 0.5) is 0 Å². The summed E-state index contributed by atoms with van der Waals surface area (Å²) < 4.78 is 41.7. The first-order valence-electron chi connectivity index (χ1n) is 12.3. The van der Waals surface area contributed by atoms with Crippen LogP contribution in [0, 0.1) is 0 Å². The molecule has 5 aromatic rings. The van der Waals surface area contributed by atoms with E-state index in [2.05, 4.69) is 72.8 Å². The van der Waals surface area contributed by atoms with Gasteiger partial charge in [0.15, 0.2) is 0 Å². The SMILES string of the molecule is [2H]c1c([2H])c([2H])c(P2Cc3ccc4ccccc4c3-c3c(ccc4ccccc34)C2)c([2H])c1[2H]. The molecule has 0 fully saturated rings. The first kappa shape index (κ1) is 12.6. The summed E-state index contributed by atoms with van der Waals surface area (Å²) in [6.45, 7) is 0. The van der Waals surface area contributed by atoms with Crippen molar-refractivity contribution in [1.29, 1.82) is 0 Å². The van der Waals surface area contributed by atoms with Gasteiger partial charge in [0.05, 0.1) is 6.85 Å². The molecule has 0 N–H and O–H groups in total. The lowest BCUT2D eigenvalue weighted by Gasteiger charge is -2.17. The molecule has 29 heavy (non-hydrogen) atoms. The molecule has 138 valence electrons. The molecule has 6 rings (SSSR count). The number of rotatable bonds is 1. The summed E-state index contributed by atoms with van der Waals surface area (Å²) in [7, 11) is -1.06. The first-order chi connectivity index (χ1) is 16.5. The molecule has 5 aromatic carbocycles. The fraction of sp³-hybridized carbons (Fsp3) is 0.0714. The number of benzene rings is 5. The van der Waals surface area contributed by atoms with Crippen LogP contribution in [0.25, 0.3) is 32.7 Å². The minimum atomic E-state index is -1.06. The second kappa shape index (κ2) is 6.83. The fourth-order valence-corrected chi connectivity index (χ4v) is 6.72. The lowest BCUT2D eigenvalue weighted by Crippen LogP contribution is -2.03. The molecule has 0 bridgehead atoms. The highest BCUT2D eigenvalue weighted by Gasteiger charge is 2.25. The normalized spacial score (nSPS) is 16.2. The fourth-order valence-electron chi connectivity index (χ4n) is 4.51. The summed E-state index contributed by atoms with van der Waals surface area (Å²) in [6.07, 6.45) is 1.35. The summed E-state index contributed by atoms with van der Waals surface area (Å²) in [6, 6.07) is 24.5. The van der Waals surface area contributed by atoms with Crippen LogP contribution in [0.15, 0.2) is 103 Å².